The van der Waals surface area contributed by atoms with Crippen LogP contribution in [-0.4, -0.2) is 11.6 Å². The molecule has 0 aliphatic carbocycles. The van der Waals surface area contributed by atoms with Crippen LogP contribution in [0.3, 0.4) is 0 Å². The topological polar surface area (TPSA) is 34.1 Å². The van der Waals surface area contributed by atoms with Crippen molar-refractivity contribution in [2.75, 3.05) is 0 Å². The Hall–Kier alpha value is -5.26. The summed E-state index contributed by atoms with van der Waals surface area (Å²) in [6.07, 6.45) is 19.3. The number of carbonyl (C=O) groups is 2. The average molecular weight is 709 g/mol. The number of allylic oxidation sites excluding steroid dienone is 4. The number of terminal acetylenes is 1. The van der Waals surface area contributed by atoms with Crippen LogP contribution in [-0.2, 0) is 12.8 Å². The summed E-state index contributed by atoms with van der Waals surface area (Å²) >= 11 is 0. The van der Waals surface area contributed by atoms with Gasteiger partial charge in [-0.05, 0) is 129 Å². The number of hydrogen-bond acceptors (Lipinski definition) is 2. The fourth-order valence-corrected chi connectivity index (χ4v) is 5.14. The van der Waals surface area contributed by atoms with Crippen LogP contribution in [0.1, 0.15) is 138 Å². The summed E-state index contributed by atoms with van der Waals surface area (Å²) in [7, 11) is 0. The van der Waals surface area contributed by atoms with E-state index < -0.39 is 0 Å². The number of benzene rings is 4. The quantitative estimate of drug-likeness (QED) is 0.0985. The first-order valence-electron chi connectivity index (χ1n) is 18.7. The van der Waals surface area contributed by atoms with Crippen LogP contribution in [0.2, 0.25) is 0 Å². The van der Waals surface area contributed by atoms with Crippen LogP contribution < -0.4 is 0 Å². The Morgan fingerprint density at radius 3 is 1.45 bits per heavy atom. The van der Waals surface area contributed by atoms with E-state index in [4.69, 9.17) is 6.42 Å². The fraction of sp³-hybridized carbons (Fsp3) is 0.294. The van der Waals surface area contributed by atoms with Gasteiger partial charge >= 0.3 is 0 Å². The lowest BCUT2D eigenvalue weighted by Crippen LogP contribution is -1.94. The Labute approximate surface area is 323 Å². The zero-order valence-electron chi connectivity index (χ0n) is 34.7. The number of rotatable bonds is 9. The summed E-state index contributed by atoms with van der Waals surface area (Å²) in [5, 5.41) is 0. The Bertz CT molecular complexity index is 1800. The molecular formula is C51H64O2. The Kier molecular flexibility index (Phi) is 23.9. The summed E-state index contributed by atoms with van der Waals surface area (Å²) in [6, 6.07) is 23.7. The maximum absolute atomic E-state index is 11.0. The number of ketones is 2. The molecule has 0 N–H and O–H groups in total. The molecule has 0 bridgehead atoms. The summed E-state index contributed by atoms with van der Waals surface area (Å²) in [5.74, 6) is 3.14. The smallest absolute Gasteiger partial charge is 0.159 e. The van der Waals surface area contributed by atoms with Crippen molar-refractivity contribution >= 4 is 23.7 Å². The minimum Gasteiger partial charge on any atom is -0.295 e. The molecule has 0 saturated carbocycles. The van der Waals surface area contributed by atoms with Gasteiger partial charge in [-0.2, -0.15) is 0 Å². The van der Waals surface area contributed by atoms with Crippen molar-refractivity contribution in [3.63, 3.8) is 0 Å². The van der Waals surface area contributed by atoms with Crippen LogP contribution in [0.15, 0.2) is 110 Å². The summed E-state index contributed by atoms with van der Waals surface area (Å²) < 4.78 is 0. The molecule has 0 radical (unpaired) electrons. The normalized spacial score (nSPS) is 9.96. The number of carbonyl (C=O) groups excluding carboxylic acids is 2. The molecule has 0 spiro atoms. The molecule has 0 aliphatic rings. The van der Waals surface area contributed by atoms with Crippen LogP contribution in [0, 0.1) is 40.0 Å². The SMILES string of the molecule is C#Cc1cccc(C(C)=O)c1.C=C/C=C\c1c(CC)ccc(C)c1C.C=C/C=C\c1c(CC)ccc(C)c1C.CC.CC(=O)c1cccc(C(C)C)c1. The highest BCUT2D eigenvalue weighted by atomic mass is 16.1. The molecule has 4 aromatic rings. The summed E-state index contributed by atoms with van der Waals surface area (Å²) in [6.45, 7) is 31.8. The molecule has 0 heterocycles. The van der Waals surface area contributed by atoms with Crippen molar-refractivity contribution in [1.82, 2.24) is 0 Å². The van der Waals surface area contributed by atoms with Gasteiger partial charge in [0.2, 0.25) is 0 Å². The fourth-order valence-electron chi connectivity index (χ4n) is 5.14. The van der Waals surface area contributed by atoms with Crippen molar-refractivity contribution < 1.29 is 9.59 Å². The number of Topliss-reactive ketones (excluding diaryl/α,β-unsaturated/α-hetero) is 2. The van der Waals surface area contributed by atoms with E-state index in [9.17, 15) is 9.59 Å². The maximum Gasteiger partial charge on any atom is 0.159 e. The van der Waals surface area contributed by atoms with Crippen molar-refractivity contribution in [2.24, 2.45) is 0 Å². The lowest BCUT2D eigenvalue weighted by Gasteiger charge is -2.09. The third-order valence-corrected chi connectivity index (χ3v) is 8.71. The predicted octanol–water partition coefficient (Wildman–Crippen LogP) is 14.0. The molecule has 0 amide bonds. The van der Waals surface area contributed by atoms with E-state index in [0.29, 0.717) is 11.5 Å². The first kappa shape index (κ1) is 47.7. The van der Waals surface area contributed by atoms with Crippen molar-refractivity contribution in [3.8, 4) is 12.3 Å². The van der Waals surface area contributed by atoms with Gasteiger partial charge in [0.15, 0.2) is 11.6 Å². The first-order chi connectivity index (χ1) is 25.2. The van der Waals surface area contributed by atoms with Gasteiger partial charge in [-0.25, -0.2) is 0 Å². The van der Waals surface area contributed by atoms with Crippen LogP contribution in [0.25, 0.3) is 12.2 Å². The van der Waals surface area contributed by atoms with Gasteiger partial charge in [0.05, 0.1) is 0 Å². The van der Waals surface area contributed by atoms with E-state index in [0.717, 1.165) is 24.0 Å². The van der Waals surface area contributed by atoms with E-state index in [1.54, 1.807) is 31.2 Å². The highest BCUT2D eigenvalue weighted by molar-refractivity contribution is 5.94. The van der Waals surface area contributed by atoms with Crippen molar-refractivity contribution in [1.29, 1.82) is 0 Å². The largest absolute Gasteiger partial charge is 0.295 e. The molecule has 0 unspecified atom stereocenters. The molecule has 0 fully saturated rings. The average Bonchev–Trinajstić information content (AvgIpc) is 3.17. The molecule has 2 nitrogen and oxygen atoms in total. The first-order valence-corrected chi connectivity index (χ1v) is 18.7. The van der Waals surface area contributed by atoms with E-state index in [-0.39, 0.29) is 11.6 Å². The van der Waals surface area contributed by atoms with Gasteiger partial charge in [0, 0.05) is 16.7 Å². The molecule has 280 valence electrons. The van der Waals surface area contributed by atoms with Gasteiger partial charge in [-0.15, -0.1) is 6.42 Å². The highest BCUT2D eigenvalue weighted by Crippen LogP contribution is 2.21. The van der Waals surface area contributed by atoms with Gasteiger partial charge in [-0.1, -0.05) is 152 Å². The van der Waals surface area contributed by atoms with Crippen LogP contribution >= 0.6 is 0 Å². The Morgan fingerprint density at radius 2 is 1.09 bits per heavy atom. The summed E-state index contributed by atoms with van der Waals surface area (Å²) in [5.41, 5.74) is 14.4. The second kappa shape index (κ2) is 26.5. The van der Waals surface area contributed by atoms with Gasteiger partial charge in [0.1, 0.15) is 0 Å². The minimum absolute atomic E-state index is 0.0436. The standard InChI is InChI=1S/2C14H18.C11H14O.C10H8O.C2H6/c2*1-5-7-8-14-12(4)11(3)9-10-13(14)6-2;1-8(2)10-5-4-6-11(7-10)9(3)12;1-3-9-5-4-6-10(7-9)8(2)11;1-2/h2*5,7-10H,1,6H2,2-4H3;4-8H,1-3H3;1,4-7H,2H3;1-2H3/b2*8-7-;;;. The highest BCUT2D eigenvalue weighted by Gasteiger charge is 2.05. The molecule has 4 rings (SSSR count). The third-order valence-electron chi connectivity index (χ3n) is 8.71. The lowest BCUT2D eigenvalue weighted by molar-refractivity contribution is 0.100. The zero-order valence-corrected chi connectivity index (χ0v) is 34.7. The molecule has 0 aromatic heterocycles. The van der Waals surface area contributed by atoms with Crippen LogP contribution in [0.5, 0.6) is 0 Å². The lowest BCUT2D eigenvalue weighted by atomic mass is 9.96. The third kappa shape index (κ3) is 16.7. The van der Waals surface area contributed by atoms with Gasteiger partial charge < -0.3 is 0 Å². The molecule has 0 atom stereocenters. The van der Waals surface area contributed by atoms with E-state index >= 15 is 0 Å². The zero-order chi connectivity index (χ0) is 40.5. The van der Waals surface area contributed by atoms with E-state index in [1.165, 1.54) is 57.0 Å². The van der Waals surface area contributed by atoms with Crippen LogP contribution in [0.4, 0.5) is 0 Å². The van der Waals surface area contributed by atoms with Crippen molar-refractivity contribution in [2.45, 2.75) is 102 Å². The number of hydrogen-bond donors (Lipinski definition) is 0. The molecular weight excluding hydrogens is 645 g/mol. The van der Waals surface area contributed by atoms with E-state index in [2.05, 4.69) is 117 Å². The second-order valence-electron chi connectivity index (χ2n) is 12.7. The summed E-state index contributed by atoms with van der Waals surface area (Å²) in [4.78, 5) is 21.9. The molecule has 2 heteroatoms. The van der Waals surface area contributed by atoms with Crippen molar-refractivity contribution in [3.05, 3.63) is 177 Å². The Morgan fingerprint density at radius 1 is 0.679 bits per heavy atom. The predicted molar refractivity (Wildman–Crippen MR) is 235 cm³/mol. The molecule has 0 saturated heterocycles. The molecule has 4 aromatic carbocycles. The molecule has 0 aliphatic heterocycles. The molecule has 53 heavy (non-hydrogen) atoms. The Balaban J connectivity index is 0.000000672. The minimum atomic E-state index is 0.0436. The maximum atomic E-state index is 11.0. The second-order valence-corrected chi connectivity index (χ2v) is 12.7. The van der Waals surface area contributed by atoms with E-state index in [1.807, 2.05) is 56.4 Å². The number of aryl methyl sites for hydroxylation is 4. The van der Waals surface area contributed by atoms with Gasteiger partial charge in [-0.3, -0.25) is 9.59 Å². The monoisotopic (exact) mass is 708 g/mol. The van der Waals surface area contributed by atoms with Gasteiger partial charge in [0.25, 0.3) is 0 Å².